The Kier molecular flexibility index (Phi) is 3.99. The molecule has 1 heterocycles. The molecule has 1 aliphatic heterocycles. The van der Waals surface area contributed by atoms with Gasteiger partial charge in [0.2, 0.25) is 0 Å². The molecular weight excluding hydrogens is 340 g/mol. The first-order valence-corrected chi connectivity index (χ1v) is 11.3. The van der Waals surface area contributed by atoms with Crippen LogP contribution in [0.25, 0.3) is 0 Å². The fourth-order valence-electron chi connectivity index (χ4n) is 8.45. The lowest BCUT2D eigenvalue weighted by molar-refractivity contribution is -0.248. The van der Waals surface area contributed by atoms with Crippen LogP contribution in [-0.4, -0.2) is 35.5 Å². The monoisotopic (exact) mass is 376 g/mol. The standard InChI is InChI=1S/C23H36O4/c1-15(24)22(25)11-10-20(2)16(14-22)4-5-17-18(20)6-8-21(3)19(17)7-9-23(21)26-12-13-27-23/h16-19,25H,4-14H2,1-3H3/t16-,17-,18-,19+,20-,21-,22-/m0/s1. The van der Waals surface area contributed by atoms with E-state index in [1.165, 1.54) is 25.7 Å². The van der Waals surface area contributed by atoms with E-state index in [4.69, 9.17) is 9.47 Å². The molecule has 7 atom stereocenters. The fourth-order valence-corrected chi connectivity index (χ4v) is 8.45. The van der Waals surface area contributed by atoms with Crippen molar-refractivity contribution in [3.63, 3.8) is 0 Å². The van der Waals surface area contributed by atoms with E-state index in [2.05, 4.69) is 13.8 Å². The third-order valence-electron chi connectivity index (χ3n) is 10.2. The molecule has 1 spiro atoms. The van der Waals surface area contributed by atoms with E-state index < -0.39 is 5.60 Å². The summed E-state index contributed by atoms with van der Waals surface area (Å²) in [4.78, 5) is 12.0. The Labute approximate surface area is 163 Å². The van der Waals surface area contributed by atoms with Gasteiger partial charge in [-0.25, -0.2) is 0 Å². The summed E-state index contributed by atoms with van der Waals surface area (Å²) in [7, 11) is 0. The summed E-state index contributed by atoms with van der Waals surface area (Å²) in [5, 5.41) is 10.8. The number of hydrogen-bond acceptors (Lipinski definition) is 4. The molecule has 0 bridgehead atoms. The van der Waals surface area contributed by atoms with E-state index in [1.54, 1.807) is 6.92 Å². The van der Waals surface area contributed by atoms with E-state index in [-0.39, 0.29) is 22.4 Å². The molecule has 27 heavy (non-hydrogen) atoms. The topological polar surface area (TPSA) is 55.8 Å². The summed E-state index contributed by atoms with van der Waals surface area (Å²) in [6, 6.07) is 0. The molecule has 0 aromatic heterocycles. The highest BCUT2D eigenvalue weighted by atomic mass is 16.7. The van der Waals surface area contributed by atoms with Gasteiger partial charge in [-0.3, -0.25) is 4.79 Å². The Morgan fingerprint density at radius 2 is 1.63 bits per heavy atom. The zero-order chi connectivity index (χ0) is 19.1. The van der Waals surface area contributed by atoms with Gasteiger partial charge >= 0.3 is 0 Å². The highest BCUT2D eigenvalue weighted by molar-refractivity contribution is 5.84. The first-order valence-electron chi connectivity index (χ1n) is 11.3. The van der Waals surface area contributed by atoms with E-state index in [1.807, 2.05) is 0 Å². The third-order valence-corrected chi connectivity index (χ3v) is 10.2. The van der Waals surface area contributed by atoms with Crippen LogP contribution in [0.2, 0.25) is 0 Å². The van der Waals surface area contributed by atoms with Gasteiger partial charge in [0.1, 0.15) is 5.60 Å². The number of ketones is 1. The molecular formula is C23H36O4. The smallest absolute Gasteiger partial charge is 0.174 e. The summed E-state index contributed by atoms with van der Waals surface area (Å²) in [5.74, 6) is 2.31. The Balaban J connectivity index is 1.42. The summed E-state index contributed by atoms with van der Waals surface area (Å²) in [6.07, 6.45) is 9.46. The lowest BCUT2D eigenvalue weighted by atomic mass is 9.44. The van der Waals surface area contributed by atoms with Crippen molar-refractivity contribution in [2.45, 2.75) is 89.9 Å². The first-order chi connectivity index (χ1) is 12.7. The second-order valence-electron chi connectivity index (χ2n) is 10.9. The van der Waals surface area contributed by atoms with Crippen molar-refractivity contribution in [3.05, 3.63) is 0 Å². The third kappa shape index (κ3) is 2.30. The molecule has 4 saturated carbocycles. The molecule has 5 fully saturated rings. The number of carbonyl (C=O) groups excluding carboxylic acids is 1. The summed E-state index contributed by atoms with van der Waals surface area (Å²) < 4.78 is 12.5. The molecule has 1 N–H and O–H groups in total. The van der Waals surface area contributed by atoms with Crippen LogP contribution in [0.5, 0.6) is 0 Å². The maximum atomic E-state index is 12.0. The molecule has 4 nitrogen and oxygen atoms in total. The Morgan fingerprint density at radius 3 is 2.33 bits per heavy atom. The van der Waals surface area contributed by atoms with E-state index in [0.717, 1.165) is 44.3 Å². The van der Waals surface area contributed by atoms with Gasteiger partial charge in [0.05, 0.1) is 13.2 Å². The molecule has 4 heteroatoms. The van der Waals surface area contributed by atoms with Gasteiger partial charge in [-0.05, 0) is 87.4 Å². The number of fused-ring (bicyclic) bond motifs is 6. The van der Waals surface area contributed by atoms with Gasteiger partial charge in [-0.2, -0.15) is 0 Å². The summed E-state index contributed by atoms with van der Waals surface area (Å²) >= 11 is 0. The van der Waals surface area contributed by atoms with Gasteiger partial charge in [0, 0.05) is 11.8 Å². The highest BCUT2D eigenvalue weighted by Gasteiger charge is 2.67. The van der Waals surface area contributed by atoms with E-state index in [9.17, 15) is 9.90 Å². The minimum atomic E-state index is -1.07. The average Bonchev–Trinajstić information content (AvgIpc) is 3.22. The number of ether oxygens (including phenoxy) is 2. The zero-order valence-corrected chi connectivity index (χ0v) is 17.3. The number of carbonyl (C=O) groups is 1. The normalized spacial score (nSPS) is 53.6. The van der Waals surface area contributed by atoms with E-state index >= 15 is 0 Å². The maximum Gasteiger partial charge on any atom is 0.174 e. The van der Waals surface area contributed by atoms with Crippen LogP contribution in [0.1, 0.15) is 78.6 Å². The van der Waals surface area contributed by atoms with Crippen molar-refractivity contribution in [1.82, 2.24) is 0 Å². The molecule has 5 rings (SSSR count). The largest absolute Gasteiger partial charge is 0.382 e. The molecule has 5 aliphatic rings. The van der Waals surface area contributed by atoms with Gasteiger partial charge in [-0.1, -0.05) is 13.8 Å². The minimum Gasteiger partial charge on any atom is -0.382 e. The maximum absolute atomic E-state index is 12.0. The SMILES string of the molecule is CC(=O)[C@]1(O)CC[C@@]2(C)[C@@H](CC[C@@H]3[C@H]4CCC5(OCCO5)[C@@]4(C)CC[C@@H]32)C1. The van der Waals surface area contributed by atoms with E-state index in [0.29, 0.717) is 24.7 Å². The van der Waals surface area contributed by atoms with Crippen LogP contribution < -0.4 is 0 Å². The van der Waals surface area contributed by atoms with Crippen molar-refractivity contribution < 1.29 is 19.4 Å². The number of rotatable bonds is 1. The van der Waals surface area contributed by atoms with Crippen molar-refractivity contribution in [3.8, 4) is 0 Å². The van der Waals surface area contributed by atoms with Crippen LogP contribution in [0.3, 0.4) is 0 Å². The van der Waals surface area contributed by atoms with Crippen molar-refractivity contribution in [1.29, 1.82) is 0 Å². The predicted molar refractivity (Wildman–Crippen MR) is 102 cm³/mol. The second-order valence-corrected chi connectivity index (χ2v) is 10.9. The number of hydrogen-bond donors (Lipinski definition) is 1. The minimum absolute atomic E-state index is 0.0313. The van der Waals surface area contributed by atoms with Gasteiger partial charge < -0.3 is 14.6 Å². The molecule has 0 aromatic carbocycles. The van der Waals surface area contributed by atoms with Crippen LogP contribution in [0.15, 0.2) is 0 Å². The molecule has 4 aliphatic carbocycles. The van der Waals surface area contributed by atoms with Crippen LogP contribution in [0.4, 0.5) is 0 Å². The average molecular weight is 377 g/mol. The van der Waals surface area contributed by atoms with Crippen molar-refractivity contribution in [2.75, 3.05) is 13.2 Å². The highest BCUT2D eigenvalue weighted by Crippen LogP contribution is 2.69. The Bertz CT molecular complexity index is 640. The lowest BCUT2D eigenvalue weighted by Gasteiger charge is -2.62. The molecule has 0 amide bonds. The zero-order valence-electron chi connectivity index (χ0n) is 17.3. The van der Waals surface area contributed by atoms with Crippen molar-refractivity contribution >= 4 is 5.78 Å². The summed E-state index contributed by atoms with van der Waals surface area (Å²) in [6.45, 7) is 7.99. The molecule has 152 valence electrons. The van der Waals surface area contributed by atoms with Crippen LogP contribution in [-0.2, 0) is 14.3 Å². The number of aliphatic hydroxyl groups is 1. The Morgan fingerprint density at radius 1 is 0.926 bits per heavy atom. The fraction of sp³-hybridized carbons (Fsp3) is 0.957. The van der Waals surface area contributed by atoms with Crippen molar-refractivity contribution in [2.24, 2.45) is 34.5 Å². The van der Waals surface area contributed by atoms with Crippen LogP contribution >= 0.6 is 0 Å². The second kappa shape index (κ2) is 5.79. The molecule has 0 unspecified atom stereocenters. The Hall–Kier alpha value is -0.450. The quantitative estimate of drug-likeness (QED) is 0.749. The summed E-state index contributed by atoms with van der Waals surface area (Å²) in [5.41, 5.74) is -0.634. The predicted octanol–water partition coefficient (Wildman–Crippen LogP) is 4.09. The molecule has 0 radical (unpaired) electrons. The van der Waals surface area contributed by atoms with Gasteiger partial charge in [-0.15, -0.1) is 0 Å². The molecule has 1 saturated heterocycles. The lowest BCUT2D eigenvalue weighted by Crippen LogP contribution is -2.59. The number of Topliss-reactive ketones (excluding diaryl/α,β-unsaturated/α-hetero) is 1. The van der Waals surface area contributed by atoms with Gasteiger partial charge in [0.25, 0.3) is 0 Å². The van der Waals surface area contributed by atoms with Gasteiger partial charge in [0.15, 0.2) is 11.6 Å². The van der Waals surface area contributed by atoms with Crippen LogP contribution in [0, 0.1) is 34.5 Å². The molecule has 0 aromatic rings. The first kappa shape index (κ1) is 18.6.